The van der Waals surface area contributed by atoms with Crippen molar-refractivity contribution in [1.82, 2.24) is 14.5 Å². The maximum Gasteiger partial charge on any atom is 0.0715 e. The molecule has 0 fully saturated rings. The fourth-order valence-electron chi connectivity index (χ4n) is 9.23. The Morgan fingerprint density at radius 2 is 0.983 bits per heavy atom. The van der Waals surface area contributed by atoms with Crippen molar-refractivity contribution in [3.8, 4) is 61.7 Å². The molecular weight excluding hydrogens is 729 g/mol. The van der Waals surface area contributed by atoms with Gasteiger partial charge in [-0.2, -0.15) is 0 Å². The van der Waals surface area contributed by atoms with Crippen LogP contribution < -0.4 is 4.90 Å². The van der Waals surface area contributed by atoms with Crippen LogP contribution in [0.25, 0.3) is 94.3 Å². The summed E-state index contributed by atoms with van der Waals surface area (Å²) >= 11 is 0. The number of fused-ring (bicyclic) bond motifs is 5. The maximum absolute atomic E-state index is 5.33. The van der Waals surface area contributed by atoms with Crippen molar-refractivity contribution in [2.45, 2.75) is 0 Å². The fraction of sp³-hybridized carbons (Fsp3) is 0. The molecule has 0 amide bonds. The molecule has 60 heavy (non-hydrogen) atoms. The van der Waals surface area contributed by atoms with Crippen molar-refractivity contribution >= 4 is 49.6 Å². The van der Waals surface area contributed by atoms with Gasteiger partial charge in [0.05, 0.1) is 39.5 Å². The molecule has 3 aromatic heterocycles. The van der Waals surface area contributed by atoms with Crippen molar-refractivity contribution in [2.75, 3.05) is 4.90 Å². The number of benzene rings is 8. The van der Waals surface area contributed by atoms with Gasteiger partial charge in [0.25, 0.3) is 0 Å². The molecule has 4 heteroatoms. The number of anilines is 3. The van der Waals surface area contributed by atoms with Crippen molar-refractivity contribution < 1.29 is 0 Å². The first-order valence-electron chi connectivity index (χ1n) is 20.4. The fourth-order valence-corrected chi connectivity index (χ4v) is 9.23. The van der Waals surface area contributed by atoms with Gasteiger partial charge in [0.1, 0.15) is 0 Å². The van der Waals surface area contributed by atoms with Crippen LogP contribution in [0, 0.1) is 0 Å². The lowest BCUT2D eigenvalue weighted by Crippen LogP contribution is -2.15. The Morgan fingerprint density at radius 3 is 1.72 bits per heavy atom. The predicted octanol–water partition coefficient (Wildman–Crippen LogP) is 14.8. The van der Waals surface area contributed by atoms with Crippen LogP contribution in [-0.4, -0.2) is 14.5 Å². The zero-order valence-electron chi connectivity index (χ0n) is 32.6. The van der Waals surface area contributed by atoms with E-state index >= 15 is 0 Å². The Balaban J connectivity index is 1.15. The zero-order chi connectivity index (χ0) is 39.6. The summed E-state index contributed by atoms with van der Waals surface area (Å²) in [7, 11) is 0. The van der Waals surface area contributed by atoms with E-state index in [4.69, 9.17) is 9.97 Å². The van der Waals surface area contributed by atoms with E-state index in [0.29, 0.717) is 0 Å². The SMILES string of the molecule is c1ccc(-c2cc(-c3ccccc3)nc(-c3ccc4c(c3)c3cc5c(cc3n4-c3ccccc3)N(c3ccccc3)c3cccc4c(-c6ccccn6)ccc-5c34)c2)cc1. The summed E-state index contributed by atoms with van der Waals surface area (Å²) in [5.41, 5.74) is 17.7. The van der Waals surface area contributed by atoms with Crippen LogP contribution in [0.3, 0.4) is 0 Å². The highest BCUT2D eigenvalue weighted by molar-refractivity contribution is 6.21. The second kappa shape index (κ2) is 13.8. The molecule has 0 unspecified atom stereocenters. The highest BCUT2D eigenvalue weighted by Crippen LogP contribution is 2.54. The molecule has 4 nitrogen and oxygen atoms in total. The first kappa shape index (κ1) is 34.0. The molecule has 0 aliphatic carbocycles. The number of pyridine rings is 2. The van der Waals surface area contributed by atoms with Gasteiger partial charge in [-0.25, -0.2) is 4.98 Å². The molecule has 280 valence electrons. The highest BCUT2D eigenvalue weighted by atomic mass is 15.2. The second-order valence-electron chi connectivity index (χ2n) is 15.4. The molecule has 12 rings (SSSR count). The lowest BCUT2D eigenvalue weighted by atomic mass is 9.87. The third-order valence-electron chi connectivity index (χ3n) is 11.9. The molecule has 4 heterocycles. The molecule has 0 bridgehead atoms. The van der Waals surface area contributed by atoms with E-state index in [1.54, 1.807) is 0 Å². The van der Waals surface area contributed by atoms with Crippen molar-refractivity contribution in [2.24, 2.45) is 0 Å². The van der Waals surface area contributed by atoms with Gasteiger partial charge in [0.15, 0.2) is 0 Å². The molecule has 0 atom stereocenters. The number of rotatable bonds is 6. The van der Waals surface area contributed by atoms with Gasteiger partial charge in [-0.05, 0) is 101 Å². The standard InChI is InChI=1S/C56H36N4/c1-5-16-37(17-6-1)40-33-50(38-18-7-2-8-19-38)58-51(34-40)39-27-30-52-46(32-39)48-35-47-45-29-28-43(49-25-13-14-31-57-49)44-24-15-26-53(56(44)45)60(42-22-11-4-12-23-42)54(47)36-55(48)59(52)41-20-9-3-10-21-41/h1-36H. The van der Waals surface area contributed by atoms with E-state index in [2.05, 4.69) is 216 Å². The van der Waals surface area contributed by atoms with Crippen LogP contribution in [0.2, 0.25) is 0 Å². The minimum Gasteiger partial charge on any atom is -0.309 e. The van der Waals surface area contributed by atoms with Crippen LogP contribution in [0.4, 0.5) is 17.1 Å². The Kier molecular flexibility index (Phi) is 7.82. The van der Waals surface area contributed by atoms with Crippen molar-refractivity contribution in [1.29, 1.82) is 0 Å². The molecule has 0 saturated carbocycles. The Bertz CT molecular complexity index is 3340. The van der Waals surface area contributed by atoms with Crippen molar-refractivity contribution in [3.63, 3.8) is 0 Å². The van der Waals surface area contributed by atoms with Gasteiger partial charge in [-0.3, -0.25) is 4.98 Å². The van der Waals surface area contributed by atoms with Gasteiger partial charge < -0.3 is 9.47 Å². The first-order chi connectivity index (χ1) is 29.8. The zero-order valence-corrected chi connectivity index (χ0v) is 32.6. The predicted molar refractivity (Wildman–Crippen MR) is 249 cm³/mol. The lowest BCUT2D eigenvalue weighted by Gasteiger charge is -2.34. The smallest absolute Gasteiger partial charge is 0.0715 e. The van der Waals surface area contributed by atoms with Gasteiger partial charge in [-0.15, -0.1) is 0 Å². The molecular formula is C56H36N4. The monoisotopic (exact) mass is 764 g/mol. The third kappa shape index (κ3) is 5.46. The second-order valence-corrected chi connectivity index (χ2v) is 15.4. The molecule has 1 aliphatic rings. The topological polar surface area (TPSA) is 34.0 Å². The van der Waals surface area contributed by atoms with Crippen LogP contribution in [0.15, 0.2) is 219 Å². The Hall–Kier alpha value is -8.08. The van der Waals surface area contributed by atoms with E-state index in [-0.39, 0.29) is 0 Å². The molecule has 0 N–H and O–H groups in total. The Morgan fingerprint density at radius 1 is 0.333 bits per heavy atom. The quantitative estimate of drug-likeness (QED) is 0.169. The maximum atomic E-state index is 5.33. The highest BCUT2D eigenvalue weighted by Gasteiger charge is 2.29. The Labute approximate surface area is 347 Å². The number of aromatic nitrogens is 3. The molecule has 0 spiro atoms. The minimum atomic E-state index is 0.937. The molecule has 8 aromatic carbocycles. The molecule has 0 radical (unpaired) electrons. The first-order valence-corrected chi connectivity index (χ1v) is 20.4. The van der Waals surface area contributed by atoms with Crippen LogP contribution in [0.1, 0.15) is 0 Å². The van der Waals surface area contributed by atoms with E-state index in [9.17, 15) is 0 Å². The van der Waals surface area contributed by atoms with Crippen LogP contribution >= 0.6 is 0 Å². The summed E-state index contributed by atoms with van der Waals surface area (Å²) in [5, 5.41) is 4.77. The summed E-state index contributed by atoms with van der Waals surface area (Å²) < 4.78 is 2.42. The van der Waals surface area contributed by atoms with E-state index < -0.39 is 0 Å². The largest absolute Gasteiger partial charge is 0.309 e. The van der Waals surface area contributed by atoms with E-state index in [0.717, 1.165) is 78.7 Å². The van der Waals surface area contributed by atoms with E-state index in [1.807, 2.05) is 12.3 Å². The van der Waals surface area contributed by atoms with Gasteiger partial charge >= 0.3 is 0 Å². The van der Waals surface area contributed by atoms with Gasteiger partial charge in [0, 0.05) is 56.0 Å². The third-order valence-corrected chi connectivity index (χ3v) is 11.9. The van der Waals surface area contributed by atoms with Gasteiger partial charge in [0.2, 0.25) is 0 Å². The van der Waals surface area contributed by atoms with Crippen LogP contribution in [0.5, 0.6) is 0 Å². The van der Waals surface area contributed by atoms with Crippen LogP contribution in [-0.2, 0) is 0 Å². The lowest BCUT2D eigenvalue weighted by molar-refractivity contribution is 1.18. The van der Waals surface area contributed by atoms with E-state index in [1.165, 1.54) is 32.7 Å². The minimum absolute atomic E-state index is 0.937. The summed E-state index contributed by atoms with van der Waals surface area (Å²) in [6, 6.07) is 76.1. The average Bonchev–Trinajstić information content (AvgIpc) is 3.65. The molecule has 11 aromatic rings. The number of hydrogen-bond acceptors (Lipinski definition) is 3. The molecule has 0 saturated heterocycles. The summed E-state index contributed by atoms with van der Waals surface area (Å²) in [4.78, 5) is 12.6. The van der Waals surface area contributed by atoms with Gasteiger partial charge in [-0.1, -0.05) is 133 Å². The summed E-state index contributed by atoms with van der Waals surface area (Å²) in [6.07, 6.45) is 1.87. The number of hydrogen-bond donors (Lipinski definition) is 0. The number of nitrogens with zero attached hydrogens (tertiary/aromatic N) is 4. The average molecular weight is 765 g/mol. The normalized spacial score (nSPS) is 12.0. The van der Waals surface area contributed by atoms with Crippen molar-refractivity contribution in [3.05, 3.63) is 219 Å². The summed E-state index contributed by atoms with van der Waals surface area (Å²) in [5.74, 6) is 0. The summed E-state index contributed by atoms with van der Waals surface area (Å²) in [6.45, 7) is 0. The molecule has 1 aliphatic heterocycles. The number of para-hydroxylation sites is 2.